The molecule has 0 atom stereocenters. The first-order valence-electron chi connectivity index (χ1n) is 50.1. The molecule has 14 aromatic rings. The van der Waals surface area contributed by atoms with Crippen LogP contribution in [0.25, 0.3) is 88.3 Å². The van der Waals surface area contributed by atoms with E-state index in [0.29, 0.717) is 27.4 Å². The van der Waals surface area contributed by atoms with E-state index in [-0.39, 0.29) is 124 Å². The zero-order valence-corrected chi connectivity index (χ0v) is 57.1. The molecule has 0 N–H and O–H groups in total. The minimum Gasteiger partial charge on any atom is -0.310 e. The Labute approximate surface area is 639 Å². The van der Waals surface area contributed by atoms with Crippen molar-refractivity contribution in [2.24, 2.45) is 0 Å². The maximum absolute atomic E-state index is 10.2. The van der Waals surface area contributed by atoms with E-state index in [1.54, 1.807) is 27.7 Å². The second kappa shape index (κ2) is 22.9. The fourth-order valence-electron chi connectivity index (χ4n) is 14.9. The van der Waals surface area contributed by atoms with Crippen molar-refractivity contribution < 1.29 is 46.6 Å². The second-order valence-corrected chi connectivity index (χ2v) is 29.0. The molecule has 0 fully saturated rings. The van der Waals surface area contributed by atoms with E-state index in [2.05, 4.69) is 64.1 Å². The molecule has 4 aliphatic rings. The smallest absolute Gasteiger partial charge is 0.0648 e. The summed E-state index contributed by atoms with van der Waals surface area (Å²) in [6.07, 6.45) is 0. The maximum atomic E-state index is 10.2. The van der Waals surface area contributed by atoms with Crippen LogP contribution in [0, 0.1) is 0 Å². The summed E-state index contributed by atoms with van der Waals surface area (Å²) < 4.78 is 311. The van der Waals surface area contributed by atoms with Crippen molar-refractivity contribution in [3.8, 4) is 66.8 Å². The van der Waals surface area contributed by atoms with Crippen LogP contribution in [0.3, 0.4) is 0 Å². The van der Waals surface area contributed by atoms with Crippen LogP contribution in [0.5, 0.6) is 0 Å². The van der Waals surface area contributed by atoms with Crippen LogP contribution in [-0.4, -0.2) is 0 Å². The molecule has 0 heterocycles. The van der Waals surface area contributed by atoms with Gasteiger partial charge in [-0.15, -0.1) is 0 Å². The van der Waals surface area contributed by atoms with E-state index >= 15 is 0 Å². The predicted octanol–water partition coefficient (Wildman–Crippen LogP) is 27.0. The number of anilines is 6. The predicted molar refractivity (Wildman–Crippen MR) is 426 cm³/mol. The summed E-state index contributed by atoms with van der Waals surface area (Å²) in [6.45, 7) is 22.3. The lowest BCUT2D eigenvalue weighted by Gasteiger charge is -2.48. The minimum absolute atomic E-state index is 0.0283. The normalized spacial score (nSPS) is 20.6. The van der Waals surface area contributed by atoms with E-state index in [9.17, 15) is 23.3 Å². The van der Waals surface area contributed by atoms with Crippen molar-refractivity contribution in [2.45, 2.75) is 116 Å². The van der Waals surface area contributed by atoms with E-state index in [1.165, 1.54) is 19.4 Å². The van der Waals surface area contributed by atoms with Gasteiger partial charge in [0.1, 0.15) is 0 Å². The third kappa shape index (κ3) is 9.64. The van der Waals surface area contributed by atoms with E-state index < -0.39 is 225 Å². The molecular formula is C98H86N2. The SMILES string of the molecule is [2H]c1c([2H])c(N(c2ccc(-c3ccccc3)cc2)c2ccc3c(c2)C(C)(C)C(C)(C)c2ccccc2-3)c([2H])c2c1-c1c(c([2H])c3c([2H])c([2H])c([2H])c([2H])c3c1[2H])C2(C)C.[2H]c1c([2H])c([2H])c(-c2c([2H])c([2H])c(N(c3c([2H])c([2H])c4c(c3[2H])C(C)(C)c3c-4c([2H])c4c([2H])c([2H])c([2H])c([2H])c4c3[2H])c3c([2H])c([2H])c4c(c3[2H])C(C)(C)C(C)(C)c3c([2H])c([2H])c([2H])c([2H])c3-4)c([2H])c2[2H])c([2H])c1[2H]. The third-order valence-electron chi connectivity index (χ3n) is 21.9. The van der Waals surface area contributed by atoms with Crippen LogP contribution in [0.1, 0.15) is 174 Å². The highest BCUT2D eigenvalue weighted by Crippen LogP contribution is 2.59. The number of fused-ring (bicyclic) bond motifs is 14. The number of benzene rings is 14. The van der Waals surface area contributed by atoms with Gasteiger partial charge in [0.2, 0.25) is 0 Å². The van der Waals surface area contributed by atoms with Gasteiger partial charge in [-0.05, 0) is 251 Å². The van der Waals surface area contributed by atoms with Gasteiger partial charge in [0.25, 0.3) is 0 Å². The molecule has 18 rings (SSSR count). The number of nitrogens with zero attached hydrogens (tertiary/aromatic N) is 2. The highest BCUT2D eigenvalue weighted by atomic mass is 15.1. The Morgan fingerprint density at radius 1 is 0.220 bits per heavy atom. The van der Waals surface area contributed by atoms with Crippen LogP contribution in [0.2, 0.25) is 0 Å². The number of hydrogen-bond acceptors (Lipinski definition) is 2. The molecular weight excluding hydrogens is 1210 g/mol. The molecule has 0 saturated carbocycles. The van der Waals surface area contributed by atoms with Crippen molar-refractivity contribution in [3.05, 3.63) is 347 Å². The van der Waals surface area contributed by atoms with Crippen LogP contribution < -0.4 is 9.80 Å². The number of rotatable bonds is 8. The van der Waals surface area contributed by atoms with E-state index in [1.807, 2.05) is 79.4 Å². The lowest BCUT2D eigenvalue weighted by atomic mass is 9.55. The molecule has 0 amide bonds. The molecule has 488 valence electrons. The summed E-state index contributed by atoms with van der Waals surface area (Å²) in [4.78, 5) is 2.59. The topological polar surface area (TPSA) is 6.48 Å². The third-order valence-corrected chi connectivity index (χ3v) is 21.9. The average Bonchev–Trinajstić information content (AvgIpc) is 1.23. The minimum atomic E-state index is -1.66. The van der Waals surface area contributed by atoms with Crippen molar-refractivity contribution in [3.63, 3.8) is 0 Å². The summed E-state index contributed by atoms with van der Waals surface area (Å²) in [5.74, 6) is 0. The Bertz CT molecular complexity index is 7660. The zero-order valence-electron chi connectivity index (χ0n) is 91.1. The van der Waals surface area contributed by atoms with Crippen LogP contribution >= 0.6 is 0 Å². The Morgan fingerprint density at radius 2 is 0.610 bits per heavy atom. The Balaban J connectivity index is 0.000000192. The summed E-state index contributed by atoms with van der Waals surface area (Å²) in [5, 5.41) is -0.866. The molecule has 2 heteroatoms. The summed E-state index contributed by atoms with van der Waals surface area (Å²) in [7, 11) is 0. The molecule has 0 bridgehead atoms. The molecule has 0 spiro atoms. The zero-order chi connectivity index (χ0) is 98.4. The van der Waals surface area contributed by atoms with Gasteiger partial charge in [0, 0.05) is 45.0 Å². The molecule has 0 saturated heterocycles. The Hall–Kier alpha value is -10.8. The fourth-order valence-corrected chi connectivity index (χ4v) is 14.9. The Kier molecular flexibility index (Phi) is 8.19. The molecule has 0 radical (unpaired) electrons. The van der Waals surface area contributed by atoms with Crippen LogP contribution in [0.4, 0.5) is 34.1 Å². The van der Waals surface area contributed by atoms with Gasteiger partial charge in [0.15, 0.2) is 0 Å². The first kappa shape index (κ1) is 35.8. The van der Waals surface area contributed by atoms with Gasteiger partial charge in [-0.3, -0.25) is 0 Å². The van der Waals surface area contributed by atoms with Gasteiger partial charge >= 0.3 is 0 Å². The second-order valence-electron chi connectivity index (χ2n) is 29.0. The van der Waals surface area contributed by atoms with Crippen LogP contribution in [0.15, 0.2) is 303 Å². The standard InChI is InChI=1S/2C49H43N/c2*1-47(2)44-29-35-17-11-10-16-34(35)28-42(44)41-27-25-37(30-45(41)47)50(36-22-20-33(21-23-36)32-14-8-7-9-15-32)38-24-26-40-39-18-12-13-19-43(39)48(3,4)49(5,6)46(40)31-38/h2*7-31H,1-6H3/i7D,8D,9D,10D,11D,12D,13D,14D,15D,16D,17D,18D,19D,20D,21D,22D,23D,24D,25D,26D,27D,28D,29D,30D,31D;10D,11D,16D,17D,25D,27D,28D,29D,30D. The average molecular weight is 1330 g/mol. The largest absolute Gasteiger partial charge is 0.310 e. The van der Waals surface area contributed by atoms with Crippen molar-refractivity contribution in [1.29, 1.82) is 0 Å². The first-order valence-corrected chi connectivity index (χ1v) is 33.1. The molecule has 0 unspecified atom stereocenters. The van der Waals surface area contributed by atoms with Crippen LogP contribution in [-0.2, 0) is 32.5 Å². The highest BCUT2D eigenvalue weighted by Gasteiger charge is 2.48. The molecule has 4 aliphatic carbocycles. The summed E-state index contributed by atoms with van der Waals surface area (Å²) in [5.41, 5.74) is -1.91. The van der Waals surface area contributed by atoms with Crippen molar-refractivity contribution in [1.82, 2.24) is 0 Å². The lowest BCUT2D eigenvalue weighted by Crippen LogP contribution is -2.43. The monoisotopic (exact) mass is 1320 g/mol. The fraction of sp³-hybridized carbons (Fsp3) is 0.184. The van der Waals surface area contributed by atoms with Crippen molar-refractivity contribution in [2.75, 3.05) is 9.80 Å². The van der Waals surface area contributed by atoms with E-state index in [0.717, 1.165) is 27.8 Å². The quantitative estimate of drug-likeness (QED) is 0.150. The van der Waals surface area contributed by atoms with Gasteiger partial charge in [-0.25, -0.2) is 0 Å². The van der Waals surface area contributed by atoms with Gasteiger partial charge in [-0.1, -0.05) is 289 Å². The van der Waals surface area contributed by atoms with Gasteiger partial charge in [-0.2, -0.15) is 0 Å². The van der Waals surface area contributed by atoms with Crippen molar-refractivity contribution >= 4 is 55.7 Å². The number of hydrogen-bond donors (Lipinski definition) is 0. The molecule has 100 heavy (non-hydrogen) atoms. The lowest BCUT2D eigenvalue weighted by molar-refractivity contribution is 0.299. The van der Waals surface area contributed by atoms with E-state index in [4.69, 9.17) is 23.3 Å². The molecule has 14 aromatic carbocycles. The summed E-state index contributed by atoms with van der Waals surface area (Å²) >= 11 is 0. The molecule has 0 aliphatic heterocycles. The summed E-state index contributed by atoms with van der Waals surface area (Å²) in [6, 6.07) is 10.8. The molecule has 0 aromatic heterocycles. The molecule has 2 nitrogen and oxygen atoms in total. The van der Waals surface area contributed by atoms with Gasteiger partial charge < -0.3 is 9.80 Å². The highest BCUT2D eigenvalue weighted by molar-refractivity contribution is 5.97. The maximum Gasteiger partial charge on any atom is 0.0648 e. The Morgan fingerprint density at radius 3 is 1.19 bits per heavy atom. The first-order chi connectivity index (χ1) is 62.3. The van der Waals surface area contributed by atoms with Gasteiger partial charge in [0.05, 0.1) is 46.6 Å².